The molecular formula is C26H31N3O2S. The monoisotopic (exact) mass is 449 g/mol. The van der Waals surface area contributed by atoms with Crippen molar-refractivity contribution in [2.75, 3.05) is 38.6 Å². The number of morpholine rings is 1. The summed E-state index contributed by atoms with van der Waals surface area (Å²) in [5, 5.41) is 1.06. The van der Waals surface area contributed by atoms with Gasteiger partial charge in [-0.25, -0.2) is 0 Å². The number of aliphatic imine (C=N–C) groups is 1. The Bertz CT molecular complexity index is 885. The Morgan fingerprint density at radius 2 is 1.53 bits per heavy atom. The molecule has 4 rings (SSSR count). The van der Waals surface area contributed by atoms with Gasteiger partial charge < -0.3 is 14.1 Å². The lowest BCUT2D eigenvalue weighted by molar-refractivity contribution is 0.0410. The fourth-order valence-electron chi connectivity index (χ4n) is 3.67. The first-order valence-electron chi connectivity index (χ1n) is 11.2. The molecule has 2 heterocycles. The first-order chi connectivity index (χ1) is 15.9. The minimum Gasteiger partial charge on any atom is -0.467 e. The number of benzene rings is 2. The highest BCUT2D eigenvalue weighted by Crippen LogP contribution is 2.19. The number of rotatable bonds is 9. The summed E-state index contributed by atoms with van der Waals surface area (Å²) in [7, 11) is 0. The molecule has 1 saturated heterocycles. The summed E-state index contributed by atoms with van der Waals surface area (Å²) in [6.07, 6.45) is 1.71. The highest BCUT2D eigenvalue weighted by atomic mass is 32.2. The van der Waals surface area contributed by atoms with Crippen molar-refractivity contribution in [2.24, 2.45) is 4.99 Å². The zero-order valence-corrected chi connectivity index (χ0v) is 19.3. The predicted molar refractivity (Wildman–Crippen MR) is 132 cm³/mol. The van der Waals surface area contributed by atoms with Crippen molar-refractivity contribution in [1.82, 2.24) is 9.80 Å². The molecule has 0 amide bonds. The van der Waals surface area contributed by atoms with E-state index in [1.807, 2.05) is 23.9 Å². The molecule has 0 N–H and O–H groups in total. The molecule has 1 aliphatic heterocycles. The lowest BCUT2D eigenvalue weighted by Crippen LogP contribution is -2.38. The maximum Gasteiger partial charge on any atom is 0.160 e. The summed E-state index contributed by atoms with van der Waals surface area (Å²) in [6.45, 7) is 6.91. The number of ether oxygens (including phenoxy) is 1. The number of amidine groups is 1. The number of hydrogen-bond acceptors (Lipinski definition) is 5. The van der Waals surface area contributed by atoms with E-state index in [1.54, 1.807) is 6.26 Å². The van der Waals surface area contributed by atoms with Crippen molar-refractivity contribution >= 4 is 16.9 Å². The zero-order chi connectivity index (χ0) is 21.8. The van der Waals surface area contributed by atoms with Crippen molar-refractivity contribution < 1.29 is 9.15 Å². The van der Waals surface area contributed by atoms with Crippen LogP contribution in [0.25, 0.3) is 0 Å². The molecule has 0 bridgehead atoms. The topological polar surface area (TPSA) is 41.2 Å². The first kappa shape index (κ1) is 22.6. The maximum atomic E-state index is 5.54. The highest BCUT2D eigenvalue weighted by Gasteiger charge is 2.16. The summed E-state index contributed by atoms with van der Waals surface area (Å²) < 4.78 is 11.0. The van der Waals surface area contributed by atoms with Crippen LogP contribution in [0.5, 0.6) is 0 Å². The minimum absolute atomic E-state index is 0.549. The molecule has 0 atom stereocenters. The molecular weight excluding hydrogens is 418 g/mol. The van der Waals surface area contributed by atoms with E-state index in [0.29, 0.717) is 6.54 Å². The van der Waals surface area contributed by atoms with Gasteiger partial charge in [0, 0.05) is 38.5 Å². The Hall–Kier alpha value is -2.54. The van der Waals surface area contributed by atoms with Gasteiger partial charge in [0.05, 0.1) is 26.0 Å². The van der Waals surface area contributed by atoms with Crippen molar-refractivity contribution in [3.8, 4) is 0 Å². The zero-order valence-electron chi connectivity index (χ0n) is 18.4. The van der Waals surface area contributed by atoms with Crippen LogP contribution in [0.15, 0.2) is 88.5 Å². The lowest BCUT2D eigenvalue weighted by Gasteiger charge is -2.28. The van der Waals surface area contributed by atoms with Crippen LogP contribution >= 0.6 is 11.8 Å². The van der Waals surface area contributed by atoms with Crippen LogP contribution < -0.4 is 0 Å². The van der Waals surface area contributed by atoms with Crippen molar-refractivity contribution in [2.45, 2.75) is 19.6 Å². The van der Waals surface area contributed by atoms with Gasteiger partial charge in [-0.3, -0.25) is 9.89 Å². The molecule has 0 saturated carbocycles. The van der Waals surface area contributed by atoms with E-state index >= 15 is 0 Å². The van der Waals surface area contributed by atoms with Crippen LogP contribution in [0.1, 0.15) is 16.9 Å². The average Bonchev–Trinajstić information content (AvgIpc) is 3.37. The summed E-state index contributed by atoms with van der Waals surface area (Å²) in [4.78, 5) is 9.87. The Morgan fingerprint density at radius 1 is 0.875 bits per heavy atom. The van der Waals surface area contributed by atoms with Gasteiger partial charge in [-0.1, -0.05) is 72.4 Å². The van der Waals surface area contributed by atoms with Gasteiger partial charge in [-0.15, -0.1) is 0 Å². The third kappa shape index (κ3) is 7.26. The van der Waals surface area contributed by atoms with E-state index in [0.717, 1.165) is 62.6 Å². The van der Waals surface area contributed by atoms with E-state index in [-0.39, 0.29) is 0 Å². The Morgan fingerprint density at radius 3 is 2.12 bits per heavy atom. The average molecular weight is 450 g/mol. The first-order valence-corrected chi connectivity index (χ1v) is 12.2. The molecule has 3 aromatic rings. The summed E-state index contributed by atoms with van der Waals surface area (Å²) >= 11 is 1.84. The normalized spacial score (nSPS) is 15.1. The number of hydrogen-bond donors (Lipinski definition) is 0. The largest absolute Gasteiger partial charge is 0.467 e. The van der Waals surface area contributed by atoms with Gasteiger partial charge in [-0.2, -0.15) is 0 Å². The highest BCUT2D eigenvalue weighted by molar-refractivity contribution is 8.13. The van der Waals surface area contributed by atoms with Crippen LogP contribution in [0.2, 0.25) is 0 Å². The fraction of sp³-hybridized carbons (Fsp3) is 0.346. The molecule has 32 heavy (non-hydrogen) atoms. The van der Waals surface area contributed by atoms with E-state index in [1.165, 1.54) is 11.1 Å². The molecule has 0 unspecified atom stereocenters. The third-order valence-electron chi connectivity index (χ3n) is 5.40. The molecule has 1 aromatic heterocycles. The second-order valence-electron chi connectivity index (χ2n) is 7.81. The molecule has 6 heteroatoms. The summed E-state index contributed by atoms with van der Waals surface area (Å²) in [5.74, 6) is 1.88. The lowest BCUT2D eigenvalue weighted by atomic mass is 10.2. The van der Waals surface area contributed by atoms with Gasteiger partial charge in [0.25, 0.3) is 0 Å². The van der Waals surface area contributed by atoms with Crippen molar-refractivity contribution in [1.29, 1.82) is 0 Å². The van der Waals surface area contributed by atoms with Crippen molar-refractivity contribution in [3.05, 3.63) is 95.9 Å². The van der Waals surface area contributed by atoms with Crippen LogP contribution in [-0.2, 0) is 24.4 Å². The molecule has 1 fully saturated rings. The minimum atomic E-state index is 0.549. The van der Waals surface area contributed by atoms with Crippen LogP contribution in [0, 0.1) is 0 Å². The van der Waals surface area contributed by atoms with Gasteiger partial charge in [0.2, 0.25) is 0 Å². The van der Waals surface area contributed by atoms with Gasteiger partial charge >= 0.3 is 0 Å². The number of furan rings is 1. The SMILES string of the molecule is c1ccc(CN(Cc2ccccc2)C(=NCc2ccco2)SCCN2CCOCC2)cc1. The van der Waals surface area contributed by atoms with Crippen LogP contribution in [-0.4, -0.2) is 53.6 Å². The second kappa shape index (κ2) is 12.5. The third-order valence-corrected chi connectivity index (χ3v) is 6.43. The van der Waals surface area contributed by atoms with Gasteiger partial charge in [-0.05, 0) is 23.3 Å². The molecule has 168 valence electrons. The van der Waals surface area contributed by atoms with E-state index in [9.17, 15) is 0 Å². The standard InChI is InChI=1S/C26H31N3O2S/c1-3-8-23(9-4-1)21-29(22-24-10-5-2-6-11-24)26(27-20-25-12-7-16-31-25)32-19-15-28-13-17-30-18-14-28/h1-12,16H,13-15,17-22H2. The predicted octanol–water partition coefficient (Wildman–Crippen LogP) is 4.90. The quantitative estimate of drug-likeness (QED) is 0.343. The van der Waals surface area contributed by atoms with Gasteiger partial charge in [0.15, 0.2) is 5.17 Å². The van der Waals surface area contributed by atoms with Crippen LogP contribution in [0.3, 0.4) is 0 Å². The number of nitrogens with zero attached hydrogens (tertiary/aromatic N) is 3. The maximum absolute atomic E-state index is 5.54. The summed E-state index contributed by atoms with van der Waals surface area (Å²) in [5.41, 5.74) is 2.56. The smallest absolute Gasteiger partial charge is 0.160 e. The Balaban J connectivity index is 1.51. The molecule has 5 nitrogen and oxygen atoms in total. The second-order valence-corrected chi connectivity index (χ2v) is 8.87. The molecule has 0 aliphatic carbocycles. The van der Waals surface area contributed by atoms with Crippen LogP contribution in [0.4, 0.5) is 0 Å². The molecule has 0 spiro atoms. The van der Waals surface area contributed by atoms with Gasteiger partial charge in [0.1, 0.15) is 5.76 Å². The van der Waals surface area contributed by atoms with E-state index < -0.39 is 0 Å². The summed E-state index contributed by atoms with van der Waals surface area (Å²) in [6, 6.07) is 25.1. The van der Waals surface area contributed by atoms with E-state index in [2.05, 4.69) is 70.5 Å². The van der Waals surface area contributed by atoms with Crippen molar-refractivity contribution in [3.63, 3.8) is 0 Å². The Kier molecular flexibility index (Phi) is 8.84. The number of thioether (sulfide) groups is 1. The van der Waals surface area contributed by atoms with E-state index in [4.69, 9.17) is 14.1 Å². The Labute approximate surface area is 195 Å². The molecule has 2 aromatic carbocycles. The molecule has 1 aliphatic rings. The molecule has 0 radical (unpaired) electrons. The fourth-order valence-corrected chi connectivity index (χ4v) is 4.67.